The Bertz CT molecular complexity index is 179. The van der Waals surface area contributed by atoms with Crippen molar-refractivity contribution in [2.24, 2.45) is 5.41 Å². The number of carbonyl (C=O) groups is 1. The summed E-state index contributed by atoms with van der Waals surface area (Å²) >= 11 is 0. The maximum absolute atomic E-state index is 10.0. The molecule has 0 bridgehead atoms. The molecule has 0 unspecified atom stereocenters. The number of aliphatic carboxylic acids is 1. The molecule has 0 rings (SSSR count). The van der Waals surface area contributed by atoms with Crippen LogP contribution in [0.25, 0.3) is 0 Å². The molecule has 0 atom stereocenters. The SMILES string of the molecule is CC(C)(C)CCCCCC(=O)[O-].[Nb+4].[O-]B([O-])[O-]. The Morgan fingerprint density at radius 2 is 1.47 bits per heavy atom. The number of carboxylic acids is 1. The van der Waals surface area contributed by atoms with Crippen LogP contribution in [0.1, 0.15) is 52.9 Å². The Hall–Kier alpha value is 0.155. The predicted octanol–water partition coefficient (Wildman–Crippen LogP) is -2.22. The molecular formula is C10H19BNbO5. The molecule has 0 heterocycles. The summed E-state index contributed by atoms with van der Waals surface area (Å²) in [7, 11) is -2.92. The third-order valence-corrected chi connectivity index (χ3v) is 1.81. The average molecular weight is 323 g/mol. The normalized spacial score (nSPS) is 9.76. The monoisotopic (exact) mass is 323 g/mol. The first-order valence-corrected chi connectivity index (χ1v) is 5.32. The van der Waals surface area contributed by atoms with Crippen LogP contribution in [-0.4, -0.2) is 13.3 Å². The number of unbranched alkanes of at least 4 members (excludes halogenated alkanes) is 2. The zero-order valence-corrected chi connectivity index (χ0v) is 12.8. The van der Waals surface area contributed by atoms with Crippen molar-refractivity contribution in [3.8, 4) is 0 Å². The molecule has 0 aromatic carbocycles. The summed E-state index contributed by atoms with van der Waals surface area (Å²) in [6.45, 7) is 6.60. The summed E-state index contributed by atoms with van der Waals surface area (Å²) in [5.74, 6) is -0.925. The molecule has 17 heavy (non-hydrogen) atoms. The van der Waals surface area contributed by atoms with Crippen LogP contribution in [0.2, 0.25) is 0 Å². The average Bonchev–Trinajstić information content (AvgIpc) is 1.99. The number of carbonyl (C=O) groups excluding carboxylic acids is 1. The molecule has 0 aliphatic rings. The molecule has 5 nitrogen and oxygen atoms in total. The fourth-order valence-electron chi connectivity index (χ4n) is 1.10. The van der Waals surface area contributed by atoms with Crippen molar-refractivity contribution in [3.05, 3.63) is 0 Å². The van der Waals surface area contributed by atoms with Gasteiger partial charge in [-0.15, -0.1) is 0 Å². The zero-order chi connectivity index (χ0) is 13.2. The van der Waals surface area contributed by atoms with Crippen LogP contribution in [0.3, 0.4) is 0 Å². The van der Waals surface area contributed by atoms with Crippen LogP contribution in [0.5, 0.6) is 0 Å². The van der Waals surface area contributed by atoms with Gasteiger partial charge in [0.1, 0.15) is 0 Å². The van der Waals surface area contributed by atoms with Crippen molar-refractivity contribution < 1.29 is 47.4 Å². The molecule has 0 N–H and O–H groups in total. The van der Waals surface area contributed by atoms with Gasteiger partial charge in [-0.05, 0) is 24.7 Å². The minimum atomic E-state index is -2.92. The van der Waals surface area contributed by atoms with E-state index in [0.717, 1.165) is 19.3 Å². The van der Waals surface area contributed by atoms with Gasteiger partial charge in [-0.3, -0.25) is 7.32 Å². The number of hydrogen-bond donors (Lipinski definition) is 0. The van der Waals surface area contributed by atoms with Crippen molar-refractivity contribution in [1.29, 1.82) is 0 Å². The van der Waals surface area contributed by atoms with Crippen molar-refractivity contribution in [2.75, 3.05) is 0 Å². The summed E-state index contributed by atoms with van der Waals surface area (Å²) in [5.41, 5.74) is 0.376. The minimum absolute atomic E-state index is 0. The van der Waals surface area contributed by atoms with Gasteiger partial charge >= 0.3 is 22.4 Å². The summed E-state index contributed by atoms with van der Waals surface area (Å²) in [6.07, 6.45) is 4.27. The molecule has 7 heteroatoms. The maximum atomic E-state index is 10.0. The summed E-state index contributed by atoms with van der Waals surface area (Å²) < 4.78 is 0. The first-order chi connectivity index (χ1) is 7.15. The van der Waals surface area contributed by atoms with Gasteiger partial charge in [-0.1, -0.05) is 33.6 Å². The van der Waals surface area contributed by atoms with E-state index in [1.54, 1.807) is 0 Å². The fourth-order valence-corrected chi connectivity index (χ4v) is 1.10. The Morgan fingerprint density at radius 1 is 1.06 bits per heavy atom. The summed E-state index contributed by atoms with van der Waals surface area (Å²) in [5, 5.41) is 35.3. The van der Waals surface area contributed by atoms with Crippen LogP contribution in [0.15, 0.2) is 0 Å². The van der Waals surface area contributed by atoms with Gasteiger partial charge in [-0.2, -0.15) is 0 Å². The molecule has 0 saturated carbocycles. The molecule has 0 saturated heterocycles. The minimum Gasteiger partial charge on any atom is -0.907 e. The van der Waals surface area contributed by atoms with E-state index in [2.05, 4.69) is 20.8 Å². The van der Waals surface area contributed by atoms with E-state index >= 15 is 0 Å². The van der Waals surface area contributed by atoms with Crippen molar-refractivity contribution in [3.63, 3.8) is 0 Å². The molecule has 0 aromatic heterocycles. The largest absolute Gasteiger partial charge is 4.00 e. The Labute approximate surface area is 119 Å². The summed E-state index contributed by atoms with van der Waals surface area (Å²) in [4.78, 5) is 10.0. The van der Waals surface area contributed by atoms with Crippen LogP contribution in [0.4, 0.5) is 0 Å². The van der Waals surface area contributed by atoms with E-state index < -0.39 is 13.3 Å². The third kappa shape index (κ3) is 38.6. The molecule has 0 aliphatic heterocycles. The van der Waals surface area contributed by atoms with E-state index in [-0.39, 0.29) is 28.8 Å². The smallest absolute Gasteiger partial charge is 0.907 e. The second-order valence-electron chi connectivity index (χ2n) is 4.78. The van der Waals surface area contributed by atoms with Crippen LogP contribution in [0, 0.1) is 5.41 Å². The molecule has 0 spiro atoms. The van der Waals surface area contributed by atoms with Gasteiger partial charge in [0.15, 0.2) is 0 Å². The van der Waals surface area contributed by atoms with Gasteiger partial charge in [-0.25, -0.2) is 0 Å². The van der Waals surface area contributed by atoms with Crippen molar-refractivity contribution in [2.45, 2.75) is 52.9 Å². The molecule has 1 radical (unpaired) electrons. The second kappa shape index (κ2) is 12.6. The molecule has 0 amide bonds. The van der Waals surface area contributed by atoms with Gasteiger partial charge in [0, 0.05) is 5.97 Å². The zero-order valence-electron chi connectivity index (χ0n) is 10.6. The van der Waals surface area contributed by atoms with Gasteiger partial charge < -0.3 is 25.0 Å². The van der Waals surface area contributed by atoms with Gasteiger partial charge in [0.05, 0.1) is 0 Å². The quantitative estimate of drug-likeness (QED) is 0.421. The van der Waals surface area contributed by atoms with E-state index in [9.17, 15) is 9.90 Å². The predicted molar refractivity (Wildman–Crippen MR) is 53.3 cm³/mol. The van der Waals surface area contributed by atoms with Gasteiger partial charge in [0.25, 0.3) is 0 Å². The van der Waals surface area contributed by atoms with E-state index in [1.807, 2.05) is 0 Å². The van der Waals surface area contributed by atoms with E-state index in [1.165, 1.54) is 6.42 Å². The third-order valence-electron chi connectivity index (χ3n) is 1.81. The van der Waals surface area contributed by atoms with Gasteiger partial charge in [0.2, 0.25) is 0 Å². The van der Waals surface area contributed by atoms with Crippen molar-refractivity contribution >= 4 is 13.3 Å². The molecule has 0 fully saturated rings. The molecular weight excluding hydrogens is 304 g/mol. The maximum Gasteiger partial charge on any atom is 4.00 e. The van der Waals surface area contributed by atoms with E-state index in [4.69, 9.17) is 15.1 Å². The Balaban J connectivity index is -0.000000340. The number of carboxylic acid groups (broad SMARTS) is 1. The van der Waals surface area contributed by atoms with Crippen LogP contribution in [-0.2, 0) is 27.2 Å². The first kappa shape index (κ1) is 22.3. The topological polar surface area (TPSA) is 109 Å². The molecule has 0 aliphatic carbocycles. The van der Waals surface area contributed by atoms with E-state index in [0.29, 0.717) is 5.41 Å². The van der Waals surface area contributed by atoms with Crippen molar-refractivity contribution in [1.82, 2.24) is 0 Å². The standard InChI is InChI=1S/C10H20O2.BO3.Nb/c1-10(2,3)8-6-4-5-7-9(11)12;2-1(3)4;/h4-8H2,1-3H3,(H,11,12);;/q;-3;+4/p-1. The Kier molecular flexibility index (Phi) is 16.6. The second-order valence-corrected chi connectivity index (χ2v) is 4.78. The Morgan fingerprint density at radius 3 is 1.76 bits per heavy atom. The molecule has 0 aromatic rings. The summed E-state index contributed by atoms with van der Waals surface area (Å²) in [6, 6.07) is 0. The fraction of sp³-hybridized carbons (Fsp3) is 0.900. The first-order valence-electron chi connectivity index (χ1n) is 5.32. The number of rotatable bonds is 5. The molecule has 97 valence electrons. The van der Waals surface area contributed by atoms with Crippen LogP contribution < -0.4 is 20.2 Å². The number of hydrogen-bond acceptors (Lipinski definition) is 5. The van der Waals surface area contributed by atoms with Crippen LogP contribution >= 0.6 is 0 Å².